The molecule has 0 spiro atoms. The highest BCUT2D eigenvalue weighted by Crippen LogP contribution is 2.17. The standard InChI is InChI=1S/C12H16N2/c1-2-13-8-7-10-9-14-12-6-4-3-5-11(10)12/h3-6,9,13-14H,2,7-8H2,1H3/i8D/t8-/m1/s1. The number of nitrogens with one attached hydrogen (secondary N) is 2. The second kappa shape index (κ2) is 4.29. The van der Waals surface area contributed by atoms with E-state index in [1.165, 1.54) is 10.9 Å². The highest BCUT2D eigenvalue weighted by Gasteiger charge is 2.00. The largest absolute Gasteiger partial charge is 0.361 e. The number of fused-ring (bicyclic) bond motifs is 1. The molecule has 1 heterocycles. The molecule has 0 radical (unpaired) electrons. The van der Waals surface area contributed by atoms with Crippen LogP contribution in [0.1, 0.15) is 13.9 Å². The van der Waals surface area contributed by atoms with E-state index >= 15 is 0 Å². The highest BCUT2D eigenvalue weighted by atomic mass is 14.8. The van der Waals surface area contributed by atoms with E-state index in [2.05, 4.69) is 22.4 Å². The minimum Gasteiger partial charge on any atom is -0.361 e. The topological polar surface area (TPSA) is 27.8 Å². The molecule has 1 aromatic carbocycles. The number of aryl methyl sites for hydroxylation is 1. The Morgan fingerprint density at radius 3 is 3.14 bits per heavy atom. The van der Waals surface area contributed by atoms with E-state index in [0.29, 0.717) is 0 Å². The van der Waals surface area contributed by atoms with Crippen molar-refractivity contribution >= 4 is 10.9 Å². The molecule has 2 aromatic rings. The fourth-order valence-corrected chi connectivity index (χ4v) is 1.63. The third-order valence-corrected chi connectivity index (χ3v) is 2.35. The first kappa shape index (κ1) is 8.06. The van der Waals surface area contributed by atoms with E-state index in [4.69, 9.17) is 1.37 Å². The number of H-pyrrole nitrogens is 1. The summed E-state index contributed by atoms with van der Waals surface area (Å²) in [7, 11) is 0. The average molecular weight is 189 g/mol. The maximum atomic E-state index is 7.80. The number of hydrogen-bond acceptors (Lipinski definition) is 1. The van der Waals surface area contributed by atoms with Gasteiger partial charge >= 0.3 is 0 Å². The maximum Gasteiger partial charge on any atom is 0.0456 e. The average Bonchev–Trinajstić information content (AvgIpc) is 2.62. The number of rotatable bonds is 4. The molecule has 1 aromatic heterocycles. The fourth-order valence-electron chi connectivity index (χ4n) is 1.63. The number of aromatic nitrogens is 1. The Morgan fingerprint density at radius 1 is 1.43 bits per heavy atom. The van der Waals surface area contributed by atoms with E-state index in [1.807, 2.05) is 25.3 Å². The van der Waals surface area contributed by atoms with Gasteiger partial charge in [-0.2, -0.15) is 0 Å². The molecular formula is C12H16N2. The molecule has 0 amide bonds. The summed E-state index contributed by atoms with van der Waals surface area (Å²) in [4.78, 5) is 3.22. The third-order valence-electron chi connectivity index (χ3n) is 2.35. The van der Waals surface area contributed by atoms with E-state index in [0.717, 1.165) is 18.5 Å². The molecule has 0 saturated heterocycles. The molecule has 0 fully saturated rings. The van der Waals surface area contributed by atoms with Gasteiger partial charge in [-0.1, -0.05) is 25.1 Å². The van der Waals surface area contributed by atoms with Gasteiger partial charge in [0.05, 0.1) is 0 Å². The Kier molecular flexibility index (Phi) is 2.47. The Hall–Kier alpha value is -1.28. The third kappa shape index (κ3) is 1.80. The molecule has 0 aliphatic heterocycles. The molecule has 74 valence electrons. The summed E-state index contributed by atoms with van der Waals surface area (Å²) < 4.78 is 7.80. The second-order valence-corrected chi connectivity index (χ2v) is 3.33. The molecule has 2 rings (SSSR count). The molecular weight excluding hydrogens is 172 g/mol. The summed E-state index contributed by atoms with van der Waals surface area (Å²) in [6, 6.07) is 8.21. The molecule has 2 N–H and O–H groups in total. The summed E-state index contributed by atoms with van der Waals surface area (Å²) in [6.45, 7) is 2.65. The molecule has 1 atom stereocenters. The number of likely N-dealkylation sites (N-methyl/N-ethyl adjacent to an activating group) is 1. The first-order valence-corrected chi connectivity index (χ1v) is 5.02. The molecule has 0 saturated carbocycles. The van der Waals surface area contributed by atoms with Crippen LogP contribution >= 0.6 is 0 Å². The lowest BCUT2D eigenvalue weighted by molar-refractivity contribution is 0.718. The van der Waals surface area contributed by atoms with Gasteiger partial charge in [0.25, 0.3) is 0 Å². The lowest BCUT2D eigenvalue weighted by Crippen LogP contribution is -2.15. The molecule has 0 bridgehead atoms. The van der Waals surface area contributed by atoms with Gasteiger partial charge in [0, 0.05) is 18.5 Å². The Balaban J connectivity index is 2.21. The maximum absolute atomic E-state index is 7.80. The first-order valence-electron chi connectivity index (χ1n) is 5.59. The van der Waals surface area contributed by atoms with Crippen molar-refractivity contribution in [3.8, 4) is 0 Å². The fraction of sp³-hybridized carbons (Fsp3) is 0.333. The predicted octanol–water partition coefficient (Wildman–Crippen LogP) is 2.32. The monoisotopic (exact) mass is 189 g/mol. The number of aromatic amines is 1. The van der Waals surface area contributed by atoms with Crippen LogP contribution in [-0.4, -0.2) is 18.0 Å². The van der Waals surface area contributed by atoms with Gasteiger partial charge in [-0.3, -0.25) is 0 Å². The van der Waals surface area contributed by atoms with Crippen LogP contribution in [0.25, 0.3) is 10.9 Å². The Bertz CT molecular complexity index is 436. The van der Waals surface area contributed by atoms with Crippen LogP contribution in [0.15, 0.2) is 30.5 Å². The lowest BCUT2D eigenvalue weighted by atomic mass is 10.1. The molecule has 0 aliphatic carbocycles. The summed E-state index contributed by atoms with van der Waals surface area (Å²) in [6.07, 6.45) is 2.75. The highest BCUT2D eigenvalue weighted by molar-refractivity contribution is 5.83. The summed E-state index contributed by atoms with van der Waals surface area (Å²) >= 11 is 0. The summed E-state index contributed by atoms with van der Waals surface area (Å²) in [5.41, 5.74) is 2.36. The van der Waals surface area contributed by atoms with Crippen molar-refractivity contribution in [2.45, 2.75) is 13.3 Å². The zero-order valence-electron chi connectivity index (χ0n) is 9.38. The van der Waals surface area contributed by atoms with Crippen LogP contribution in [-0.2, 0) is 6.42 Å². The SMILES string of the molecule is [2H][C@H](Cc1c[nH]c2ccccc12)NCC. The van der Waals surface area contributed by atoms with Crippen LogP contribution in [0.4, 0.5) is 0 Å². The Morgan fingerprint density at radius 2 is 2.29 bits per heavy atom. The van der Waals surface area contributed by atoms with E-state index in [9.17, 15) is 0 Å². The van der Waals surface area contributed by atoms with Crippen LogP contribution in [0.2, 0.25) is 0 Å². The lowest BCUT2D eigenvalue weighted by Gasteiger charge is -1.99. The molecule has 2 nitrogen and oxygen atoms in total. The molecule has 0 unspecified atom stereocenters. The van der Waals surface area contributed by atoms with Gasteiger partial charge in [-0.25, -0.2) is 0 Å². The van der Waals surface area contributed by atoms with Crippen molar-refractivity contribution in [1.82, 2.24) is 10.3 Å². The van der Waals surface area contributed by atoms with Gasteiger partial charge in [0.15, 0.2) is 0 Å². The molecule has 2 heteroatoms. The minimum atomic E-state index is -0.214. The second-order valence-electron chi connectivity index (χ2n) is 3.33. The van der Waals surface area contributed by atoms with Crippen LogP contribution in [0.5, 0.6) is 0 Å². The summed E-state index contributed by atoms with van der Waals surface area (Å²) in [5, 5.41) is 4.33. The van der Waals surface area contributed by atoms with Gasteiger partial charge in [-0.15, -0.1) is 0 Å². The normalized spacial score (nSPS) is 14.2. The summed E-state index contributed by atoms with van der Waals surface area (Å²) in [5.74, 6) is 0. The van der Waals surface area contributed by atoms with Crippen molar-refractivity contribution in [2.24, 2.45) is 0 Å². The van der Waals surface area contributed by atoms with E-state index < -0.39 is 0 Å². The van der Waals surface area contributed by atoms with Gasteiger partial charge in [0.2, 0.25) is 0 Å². The molecule has 0 aliphatic rings. The number of para-hydroxylation sites is 1. The quantitative estimate of drug-likeness (QED) is 0.759. The van der Waals surface area contributed by atoms with Crippen molar-refractivity contribution in [2.75, 3.05) is 13.1 Å². The van der Waals surface area contributed by atoms with Crippen molar-refractivity contribution in [1.29, 1.82) is 0 Å². The van der Waals surface area contributed by atoms with Crippen LogP contribution < -0.4 is 5.32 Å². The van der Waals surface area contributed by atoms with E-state index in [-0.39, 0.29) is 6.52 Å². The minimum absolute atomic E-state index is 0.214. The van der Waals surface area contributed by atoms with Crippen LogP contribution in [0, 0.1) is 0 Å². The number of benzene rings is 1. The van der Waals surface area contributed by atoms with Crippen molar-refractivity contribution < 1.29 is 1.37 Å². The predicted molar refractivity (Wildman–Crippen MR) is 60.5 cm³/mol. The van der Waals surface area contributed by atoms with E-state index in [1.54, 1.807) is 0 Å². The van der Waals surface area contributed by atoms with Gasteiger partial charge in [-0.05, 0) is 31.1 Å². The van der Waals surface area contributed by atoms with Gasteiger partial charge in [0.1, 0.15) is 0 Å². The first-order chi connectivity index (χ1) is 7.31. The van der Waals surface area contributed by atoms with Crippen molar-refractivity contribution in [3.05, 3.63) is 36.0 Å². The zero-order valence-corrected chi connectivity index (χ0v) is 8.38. The van der Waals surface area contributed by atoms with Crippen LogP contribution in [0.3, 0.4) is 0 Å². The van der Waals surface area contributed by atoms with Crippen molar-refractivity contribution in [3.63, 3.8) is 0 Å². The smallest absolute Gasteiger partial charge is 0.0456 e. The zero-order chi connectivity index (χ0) is 10.7. The number of hydrogen-bond donors (Lipinski definition) is 2. The van der Waals surface area contributed by atoms with Gasteiger partial charge < -0.3 is 10.3 Å². The molecule has 14 heavy (non-hydrogen) atoms. The Labute approximate surface area is 85.7 Å².